The Balaban J connectivity index is 1.95. The molecule has 0 aliphatic heterocycles. The second-order valence-electron chi connectivity index (χ2n) is 4.15. The smallest absolute Gasteiger partial charge is 0.213 e. The van der Waals surface area contributed by atoms with Gasteiger partial charge in [-0.3, -0.25) is 0 Å². The molecule has 0 bridgehead atoms. The van der Waals surface area contributed by atoms with Gasteiger partial charge in [-0.05, 0) is 30.9 Å². The van der Waals surface area contributed by atoms with E-state index in [9.17, 15) is 0 Å². The van der Waals surface area contributed by atoms with Crippen LogP contribution in [0.3, 0.4) is 0 Å². The lowest BCUT2D eigenvalue weighted by Gasteiger charge is -2.08. The summed E-state index contributed by atoms with van der Waals surface area (Å²) < 4.78 is 5.61. The highest BCUT2D eigenvalue weighted by Crippen LogP contribution is 2.29. The molecule has 0 amide bonds. The number of hydrogen-bond donors (Lipinski definition) is 1. The van der Waals surface area contributed by atoms with Crippen LogP contribution < -0.4 is 10.1 Å². The molecule has 0 saturated heterocycles. The molecule has 2 rings (SSSR count). The van der Waals surface area contributed by atoms with E-state index in [0.29, 0.717) is 10.9 Å². The average molecular weight is 241 g/mol. The molecule has 1 saturated carbocycles. The van der Waals surface area contributed by atoms with Gasteiger partial charge < -0.3 is 10.1 Å². The summed E-state index contributed by atoms with van der Waals surface area (Å²) in [6.07, 6.45) is 4.24. The number of pyridine rings is 1. The summed E-state index contributed by atoms with van der Waals surface area (Å²) in [7, 11) is 0. The fourth-order valence-corrected chi connectivity index (χ4v) is 1.59. The predicted molar refractivity (Wildman–Crippen MR) is 64.8 cm³/mol. The van der Waals surface area contributed by atoms with Crippen LogP contribution in [0.2, 0.25) is 5.02 Å². The van der Waals surface area contributed by atoms with Crippen molar-refractivity contribution in [2.45, 2.75) is 26.3 Å². The minimum absolute atomic E-state index is 0.684. The van der Waals surface area contributed by atoms with E-state index in [0.717, 1.165) is 31.2 Å². The SMILES string of the molecule is CCNCc1cc(OCC2CC2)ncc1Cl. The Labute approximate surface area is 101 Å². The summed E-state index contributed by atoms with van der Waals surface area (Å²) in [5.41, 5.74) is 1.05. The zero-order chi connectivity index (χ0) is 11.4. The van der Waals surface area contributed by atoms with E-state index >= 15 is 0 Å². The van der Waals surface area contributed by atoms with Crippen LogP contribution in [0, 0.1) is 5.92 Å². The largest absolute Gasteiger partial charge is 0.477 e. The summed E-state index contributed by atoms with van der Waals surface area (Å²) in [4.78, 5) is 4.16. The van der Waals surface area contributed by atoms with Crippen molar-refractivity contribution in [2.24, 2.45) is 5.92 Å². The summed E-state index contributed by atoms with van der Waals surface area (Å²) in [5, 5.41) is 3.94. The summed E-state index contributed by atoms with van der Waals surface area (Å²) in [6.45, 7) is 4.55. The van der Waals surface area contributed by atoms with Crippen LogP contribution >= 0.6 is 11.6 Å². The van der Waals surface area contributed by atoms with Crippen molar-refractivity contribution >= 4 is 11.6 Å². The molecule has 0 aromatic carbocycles. The number of rotatable bonds is 6. The van der Waals surface area contributed by atoms with Gasteiger partial charge in [0.2, 0.25) is 5.88 Å². The molecule has 1 aliphatic carbocycles. The summed E-state index contributed by atoms with van der Waals surface area (Å²) in [5.74, 6) is 1.43. The van der Waals surface area contributed by atoms with Crippen molar-refractivity contribution in [2.75, 3.05) is 13.2 Å². The Kier molecular flexibility index (Phi) is 4.02. The fraction of sp³-hybridized carbons (Fsp3) is 0.583. The van der Waals surface area contributed by atoms with Crippen LogP contribution in [0.15, 0.2) is 12.3 Å². The van der Waals surface area contributed by atoms with Crippen molar-refractivity contribution in [3.05, 3.63) is 22.8 Å². The number of ether oxygens (including phenoxy) is 1. The molecule has 1 fully saturated rings. The number of nitrogens with zero attached hydrogens (tertiary/aromatic N) is 1. The maximum atomic E-state index is 6.05. The number of nitrogens with one attached hydrogen (secondary N) is 1. The fourth-order valence-electron chi connectivity index (χ4n) is 1.42. The van der Waals surface area contributed by atoms with Gasteiger partial charge in [0, 0.05) is 18.8 Å². The van der Waals surface area contributed by atoms with Gasteiger partial charge in [0.25, 0.3) is 0 Å². The number of halogens is 1. The van der Waals surface area contributed by atoms with Crippen molar-refractivity contribution in [3.63, 3.8) is 0 Å². The standard InChI is InChI=1S/C12H17ClN2O/c1-2-14-6-10-5-12(15-7-11(10)13)16-8-9-3-4-9/h5,7,9,14H,2-4,6,8H2,1H3. The molecule has 1 heterocycles. The Hall–Kier alpha value is -0.800. The van der Waals surface area contributed by atoms with Gasteiger partial charge >= 0.3 is 0 Å². The molecule has 0 unspecified atom stereocenters. The first-order chi connectivity index (χ1) is 7.79. The van der Waals surface area contributed by atoms with Crippen LogP contribution in [-0.2, 0) is 6.54 Å². The van der Waals surface area contributed by atoms with E-state index < -0.39 is 0 Å². The van der Waals surface area contributed by atoms with Gasteiger partial charge in [-0.25, -0.2) is 4.98 Å². The van der Waals surface area contributed by atoms with Crippen molar-refractivity contribution in [1.29, 1.82) is 0 Å². The van der Waals surface area contributed by atoms with Gasteiger partial charge in [0.15, 0.2) is 0 Å². The molecule has 0 spiro atoms. The van der Waals surface area contributed by atoms with Crippen LogP contribution in [0.1, 0.15) is 25.3 Å². The van der Waals surface area contributed by atoms with Gasteiger partial charge in [0.05, 0.1) is 11.6 Å². The molecule has 16 heavy (non-hydrogen) atoms. The van der Waals surface area contributed by atoms with E-state index in [2.05, 4.69) is 17.2 Å². The first-order valence-electron chi connectivity index (χ1n) is 5.77. The first-order valence-corrected chi connectivity index (χ1v) is 6.15. The number of aromatic nitrogens is 1. The molecule has 1 aromatic rings. The van der Waals surface area contributed by atoms with Crippen molar-refractivity contribution in [1.82, 2.24) is 10.3 Å². The van der Waals surface area contributed by atoms with E-state index in [-0.39, 0.29) is 0 Å². The first kappa shape index (κ1) is 11.7. The molecule has 3 nitrogen and oxygen atoms in total. The van der Waals surface area contributed by atoms with Crippen LogP contribution in [0.25, 0.3) is 0 Å². The Bertz CT molecular complexity index is 353. The monoisotopic (exact) mass is 240 g/mol. The van der Waals surface area contributed by atoms with Gasteiger partial charge in [-0.1, -0.05) is 18.5 Å². The maximum absolute atomic E-state index is 6.05. The zero-order valence-corrected chi connectivity index (χ0v) is 10.3. The molecule has 1 aliphatic rings. The maximum Gasteiger partial charge on any atom is 0.213 e. The topological polar surface area (TPSA) is 34.1 Å². The molecule has 0 atom stereocenters. The summed E-state index contributed by atoms with van der Waals surface area (Å²) in [6, 6.07) is 1.92. The molecule has 1 aromatic heterocycles. The Morgan fingerprint density at radius 2 is 2.38 bits per heavy atom. The highest BCUT2D eigenvalue weighted by atomic mass is 35.5. The minimum Gasteiger partial charge on any atom is -0.477 e. The molecular formula is C12H17ClN2O. The lowest BCUT2D eigenvalue weighted by atomic mass is 10.2. The lowest BCUT2D eigenvalue weighted by Crippen LogP contribution is -2.12. The molecule has 88 valence electrons. The quantitative estimate of drug-likeness (QED) is 0.830. The molecular weight excluding hydrogens is 224 g/mol. The third kappa shape index (κ3) is 3.35. The van der Waals surface area contributed by atoms with E-state index in [1.165, 1.54) is 12.8 Å². The van der Waals surface area contributed by atoms with Crippen molar-refractivity contribution < 1.29 is 4.74 Å². The number of hydrogen-bond acceptors (Lipinski definition) is 3. The van der Waals surface area contributed by atoms with Gasteiger partial charge in [0.1, 0.15) is 0 Å². The van der Waals surface area contributed by atoms with E-state index in [4.69, 9.17) is 16.3 Å². The second-order valence-corrected chi connectivity index (χ2v) is 4.56. The third-order valence-corrected chi connectivity index (χ3v) is 2.98. The second kappa shape index (κ2) is 5.51. The lowest BCUT2D eigenvalue weighted by molar-refractivity contribution is 0.288. The molecule has 4 heteroatoms. The van der Waals surface area contributed by atoms with Crippen LogP contribution in [0.5, 0.6) is 5.88 Å². The molecule has 0 radical (unpaired) electrons. The Morgan fingerprint density at radius 3 is 3.06 bits per heavy atom. The summed E-state index contributed by atoms with van der Waals surface area (Å²) >= 11 is 6.05. The molecule has 1 N–H and O–H groups in total. The normalized spacial score (nSPS) is 15.1. The van der Waals surface area contributed by atoms with Crippen LogP contribution in [0.4, 0.5) is 0 Å². The highest BCUT2D eigenvalue weighted by Gasteiger charge is 2.22. The van der Waals surface area contributed by atoms with Gasteiger partial charge in [-0.15, -0.1) is 0 Å². The van der Waals surface area contributed by atoms with Crippen LogP contribution in [-0.4, -0.2) is 18.1 Å². The minimum atomic E-state index is 0.684. The third-order valence-electron chi connectivity index (χ3n) is 2.64. The zero-order valence-electron chi connectivity index (χ0n) is 9.50. The predicted octanol–water partition coefficient (Wildman–Crippen LogP) is 2.63. The van der Waals surface area contributed by atoms with E-state index in [1.54, 1.807) is 6.20 Å². The van der Waals surface area contributed by atoms with Gasteiger partial charge in [-0.2, -0.15) is 0 Å². The highest BCUT2D eigenvalue weighted by molar-refractivity contribution is 6.31. The average Bonchev–Trinajstić information content (AvgIpc) is 3.10. The van der Waals surface area contributed by atoms with Crippen molar-refractivity contribution in [3.8, 4) is 5.88 Å². The van der Waals surface area contributed by atoms with E-state index in [1.807, 2.05) is 6.07 Å². The Morgan fingerprint density at radius 1 is 1.56 bits per heavy atom.